The van der Waals surface area contributed by atoms with Gasteiger partial charge in [0.25, 0.3) is 0 Å². The zero-order chi connectivity index (χ0) is 17.6. The summed E-state index contributed by atoms with van der Waals surface area (Å²) in [5, 5.41) is 13.8. The molecule has 0 spiro atoms. The van der Waals surface area contributed by atoms with Crippen molar-refractivity contribution < 1.29 is 44.3 Å². The number of carbonyl (C=O) groups excluding carboxylic acids is 2. The third-order valence-electron chi connectivity index (χ3n) is 4.14. The van der Waals surface area contributed by atoms with Crippen LogP contribution in [0, 0.1) is 0 Å². The number of amides is 2. The molecule has 0 atom stereocenters. The molecule has 8 heteroatoms. The molecule has 2 aromatic rings. The first kappa shape index (κ1) is 20.4. The van der Waals surface area contributed by atoms with E-state index >= 15 is 0 Å². The van der Waals surface area contributed by atoms with Crippen molar-refractivity contribution >= 4 is 17.7 Å². The molecule has 0 radical (unpaired) electrons. The number of rotatable bonds is 4. The molecule has 2 heterocycles. The van der Waals surface area contributed by atoms with Gasteiger partial charge in [-0.1, -0.05) is 18.2 Å². The van der Waals surface area contributed by atoms with E-state index < -0.39 is 5.97 Å². The number of piperazine rings is 1. The minimum atomic E-state index is -1.17. The molecular weight excluding hydrogens is 343 g/mol. The second-order valence-electron chi connectivity index (χ2n) is 5.92. The summed E-state index contributed by atoms with van der Waals surface area (Å²) >= 11 is 0. The first-order chi connectivity index (χ1) is 12.1. The zero-order valence-corrected chi connectivity index (χ0v) is 16.7. The molecule has 0 aliphatic carbocycles. The number of hydrogen-bond donors (Lipinski definition) is 1. The molecule has 2 amide bonds. The summed E-state index contributed by atoms with van der Waals surface area (Å²) in [7, 11) is 0. The van der Waals surface area contributed by atoms with Gasteiger partial charge in [-0.25, -0.2) is 4.79 Å². The van der Waals surface area contributed by atoms with E-state index in [0.29, 0.717) is 25.3 Å². The van der Waals surface area contributed by atoms with Crippen LogP contribution in [0.5, 0.6) is 0 Å². The number of aromatic nitrogens is 1. The van der Waals surface area contributed by atoms with Crippen LogP contribution in [-0.2, 0) is 6.54 Å². The topological polar surface area (TPSA) is 88.6 Å². The van der Waals surface area contributed by atoms with E-state index in [4.69, 9.17) is 0 Å². The van der Waals surface area contributed by atoms with Crippen LogP contribution in [0.3, 0.4) is 0 Å². The number of anilines is 1. The average Bonchev–Trinajstić information content (AvgIpc) is 2.63. The van der Waals surface area contributed by atoms with Crippen molar-refractivity contribution in [1.82, 2.24) is 14.8 Å². The molecule has 0 saturated carbocycles. The van der Waals surface area contributed by atoms with Crippen molar-refractivity contribution in [2.24, 2.45) is 0 Å². The van der Waals surface area contributed by atoms with Crippen LogP contribution >= 0.6 is 0 Å². The van der Waals surface area contributed by atoms with Gasteiger partial charge in [0.2, 0.25) is 0 Å². The van der Waals surface area contributed by atoms with Gasteiger partial charge in [0.05, 0.1) is 17.9 Å². The fourth-order valence-corrected chi connectivity index (χ4v) is 2.80. The molecule has 0 unspecified atom stereocenters. The molecule has 1 N–H and O–H groups in total. The first-order valence-corrected chi connectivity index (χ1v) is 8.10. The number of nitrogens with zero attached hydrogens (tertiary/aromatic N) is 3. The summed E-state index contributed by atoms with van der Waals surface area (Å²) in [5.74, 6) is -1.17. The number of benzene rings is 1. The zero-order valence-electron chi connectivity index (χ0n) is 14.7. The van der Waals surface area contributed by atoms with Crippen molar-refractivity contribution in [3.05, 3.63) is 59.9 Å². The first-order valence-electron chi connectivity index (χ1n) is 8.10. The summed E-state index contributed by atoms with van der Waals surface area (Å²) in [6.45, 7) is 3.35. The fourth-order valence-electron chi connectivity index (χ4n) is 2.80. The largest absolute Gasteiger partial charge is 1.00 e. The summed E-state index contributed by atoms with van der Waals surface area (Å²) in [4.78, 5) is 31.1. The van der Waals surface area contributed by atoms with Gasteiger partial charge in [0.1, 0.15) is 0 Å². The Morgan fingerprint density at radius 1 is 1.12 bits per heavy atom. The van der Waals surface area contributed by atoms with E-state index in [2.05, 4.69) is 15.2 Å². The Balaban J connectivity index is 0.00000243. The fraction of sp³-hybridized carbons (Fsp3) is 0.278. The second-order valence-corrected chi connectivity index (χ2v) is 5.92. The van der Waals surface area contributed by atoms with Gasteiger partial charge in [-0.05, 0) is 29.3 Å². The third kappa shape index (κ3) is 5.54. The molecule has 130 valence electrons. The Bertz CT molecular complexity index is 749. The van der Waals surface area contributed by atoms with Crippen LogP contribution in [0.2, 0.25) is 0 Å². The number of pyridine rings is 1. The van der Waals surface area contributed by atoms with Gasteiger partial charge >= 0.3 is 35.6 Å². The van der Waals surface area contributed by atoms with E-state index in [0.717, 1.165) is 18.7 Å². The molecule has 0 bridgehead atoms. The molecule has 1 saturated heterocycles. The Labute approximate surface area is 174 Å². The number of aromatic carboxylic acids is 1. The number of urea groups is 1. The Hall–Kier alpha value is -1.93. The van der Waals surface area contributed by atoms with E-state index in [1.54, 1.807) is 41.6 Å². The van der Waals surface area contributed by atoms with E-state index in [-0.39, 0.29) is 41.2 Å². The molecular formula is C18H19N4NaO3. The average molecular weight is 362 g/mol. The van der Waals surface area contributed by atoms with Gasteiger partial charge < -0.3 is 20.1 Å². The van der Waals surface area contributed by atoms with Gasteiger partial charge in [0, 0.05) is 38.9 Å². The minimum Gasteiger partial charge on any atom is -0.545 e. The molecule has 7 nitrogen and oxygen atoms in total. The number of carboxylic acids is 1. The minimum absolute atomic E-state index is 0. The van der Waals surface area contributed by atoms with Crippen molar-refractivity contribution in [1.29, 1.82) is 0 Å². The van der Waals surface area contributed by atoms with Gasteiger partial charge in [-0.15, -0.1) is 0 Å². The number of carboxylic acid groups (broad SMARTS) is 1. The van der Waals surface area contributed by atoms with Crippen molar-refractivity contribution in [2.45, 2.75) is 6.54 Å². The van der Waals surface area contributed by atoms with E-state index in [9.17, 15) is 14.7 Å². The summed E-state index contributed by atoms with van der Waals surface area (Å²) < 4.78 is 0. The normalized spacial score (nSPS) is 14.4. The van der Waals surface area contributed by atoms with Gasteiger partial charge in [0.15, 0.2) is 0 Å². The maximum absolute atomic E-state index is 12.2. The predicted molar refractivity (Wildman–Crippen MR) is 90.9 cm³/mol. The van der Waals surface area contributed by atoms with E-state index in [1.165, 1.54) is 6.07 Å². The quantitative estimate of drug-likeness (QED) is 0.624. The van der Waals surface area contributed by atoms with Gasteiger partial charge in [-0.3, -0.25) is 9.88 Å². The van der Waals surface area contributed by atoms with Crippen molar-refractivity contribution in [3.63, 3.8) is 0 Å². The maximum Gasteiger partial charge on any atom is 1.00 e. The smallest absolute Gasteiger partial charge is 0.545 e. The van der Waals surface area contributed by atoms with E-state index in [1.807, 2.05) is 6.07 Å². The molecule has 3 rings (SSSR count). The summed E-state index contributed by atoms with van der Waals surface area (Å²) in [6.07, 6.45) is 3.27. The number of nitrogens with one attached hydrogen (secondary N) is 1. The van der Waals surface area contributed by atoms with Crippen LogP contribution in [0.25, 0.3) is 0 Å². The summed E-state index contributed by atoms with van der Waals surface area (Å²) in [6, 6.07) is 10.2. The van der Waals surface area contributed by atoms with Crippen LogP contribution in [-0.4, -0.2) is 53.0 Å². The molecule has 1 aromatic carbocycles. The van der Waals surface area contributed by atoms with Crippen LogP contribution in [0.1, 0.15) is 15.9 Å². The standard InChI is InChI=1S/C18H20N4O3.Na/c23-17(24)15-4-1-3-14(11-15)13-21-7-9-22(10-8-21)18(25)20-16-5-2-6-19-12-16;/h1-6,11-12H,7-10,13H2,(H,20,25)(H,23,24);/q;+1/p-1. The number of hydrogen-bond acceptors (Lipinski definition) is 5. The van der Waals surface area contributed by atoms with Crippen LogP contribution in [0.4, 0.5) is 10.5 Å². The monoisotopic (exact) mass is 362 g/mol. The van der Waals surface area contributed by atoms with Crippen LogP contribution in [0.15, 0.2) is 48.8 Å². The molecule has 1 aromatic heterocycles. The second kappa shape index (κ2) is 9.68. The van der Waals surface area contributed by atoms with Crippen molar-refractivity contribution in [2.75, 3.05) is 31.5 Å². The maximum atomic E-state index is 12.2. The Morgan fingerprint density at radius 3 is 2.54 bits per heavy atom. The Kier molecular flexibility index (Phi) is 7.59. The molecule has 1 aliphatic heterocycles. The third-order valence-corrected chi connectivity index (χ3v) is 4.14. The molecule has 1 fully saturated rings. The Morgan fingerprint density at radius 2 is 1.88 bits per heavy atom. The van der Waals surface area contributed by atoms with Crippen LogP contribution < -0.4 is 40.0 Å². The van der Waals surface area contributed by atoms with Gasteiger partial charge in [-0.2, -0.15) is 0 Å². The molecule has 1 aliphatic rings. The summed E-state index contributed by atoms with van der Waals surface area (Å²) in [5.41, 5.74) is 1.79. The molecule has 26 heavy (non-hydrogen) atoms. The predicted octanol–water partition coefficient (Wildman–Crippen LogP) is -2.20. The van der Waals surface area contributed by atoms with Crippen molar-refractivity contribution in [3.8, 4) is 0 Å². The SMILES string of the molecule is O=C([O-])c1cccc(CN2CCN(C(=O)Nc3cccnc3)CC2)c1.[Na+]. The number of carbonyl (C=O) groups is 2.